The summed E-state index contributed by atoms with van der Waals surface area (Å²) in [5.74, 6) is 0.722. The van der Waals surface area contributed by atoms with Crippen molar-refractivity contribution in [1.29, 1.82) is 0 Å². The summed E-state index contributed by atoms with van der Waals surface area (Å²) < 4.78 is 0. The maximum Gasteiger partial charge on any atom is 0.0642 e. The zero-order chi connectivity index (χ0) is 13.5. The molecule has 1 aromatic carbocycles. The second kappa shape index (κ2) is 7.65. The zero-order valence-corrected chi connectivity index (χ0v) is 12.7. The molecule has 18 heavy (non-hydrogen) atoms. The number of halogens is 1. The molecule has 102 valence electrons. The normalized spacial score (nSPS) is 11.0. The number of nitrogens with one attached hydrogen (secondary N) is 1. The molecule has 0 aliphatic rings. The van der Waals surface area contributed by atoms with E-state index in [0.29, 0.717) is 0 Å². The first kappa shape index (κ1) is 15.3. The third-order valence-electron chi connectivity index (χ3n) is 3.04. The van der Waals surface area contributed by atoms with Crippen LogP contribution in [0.4, 0.5) is 5.69 Å². The van der Waals surface area contributed by atoms with E-state index < -0.39 is 0 Å². The lowest BCUT2D eigenvalue weighted by atomic mass is 10.1. The number of nitrogens with zero attached hydrogens (tertiary/aromatic N) is 1. The first-order chi connectivity index (χ1) is 8.54. The molecule has 1 rings (SSSR count). The van der Waals surface area contributed by atoms with Gasteiger partial charge in [0.2, 0.25) is 0 Å². The van der Waals surface area contributed by atoms with Gasteiger partial charge in [0, 0.05) is 20.1 Å². The number of hydrogen-bond acceptors (Lipinski definition) is 2. The van der Waals surface area contributed by atoms with Crippen LogP contribution in [0.3, 0.4) is 0 Å². The van der Waals surface area contributed by atoms with Crippen molar-refractivity contribution in [1.82, 2.24) is 5.32 Å². The average molecular weight is 269 g/mol. The predicted molar refractivity (Wildman–Crippen MR) is 81.6 cm³/mol. The highest BCUT2D eigenvalue weighted by atomic mass is 35.5. The van der Waals surface area contributed by atoms with Crippen LogP contribution in [0.5, 0.6) is 0 Å². The molecule has 0 amide bonds. The molecular formula is C15H25ClN2. The lowest BCUT2D eigenvalue weighted by molar-refractivity contribution is 0.585. The summed E-state index contributed by atoms with van der Waals surface area (Å²) in [7, 11) is 2.10. The minimum Gasteiger partial charge on any atom is -0.373 e. The van der Waals surface area contributed by atoms with Crippen molar-refractivity contribution in [3.05, 3.63) is 28.8 Å². The van der Waals surface area contributed by atoms with Crippen LogP contribution < -0.4 is 10.2 Å². The molecule has 0 spiro atoms. The molecule has 0 atom stereocenters. The Morgan fingerprint density at radius 3 is 2.61 bits per heavy atom. The van der Waals surface area contributed by atoms with Gasteiger partial charge in [-0.25, -0.2) is 0 Å². The lowest BCUT2D eigenvalue weighted by Crippen LogP contribution is -2.20. The van der Waals surface area contributed by atoms with Crippen LogP contribution in [-0.2, 0) is 6.54 Å². The molecule has 0 saturated heterocycles. The van der Waals surface area contributed by atoms with E-state index in [2.05, 4.69) is 56.2 Å². The molecule has 0 fully saturated rings. The Labute approximate surface area is 116 Å². The van der Waals surface area contributed by atoms with E-state index in [9.17, 15) is 0 Å². The Bertz CT molecular complexity index is 364. The molecule has 1 N–H and O–H groups in total. The van der Waals surface area contributed by atoms with Gasteiger partial charge in [-0.05, 0) is 36.6 Å². The Morgan fingerprint density at radius 2 is 2.06 bits per heavy atom. The molecule has 0 aliphatic carbocycles. The Balaban J connectivity index is 2.66. The SMILES string of the molecule is CCNCc1ccc(N(C)CCC(C)C)c(Cl)c1. The van der Waals surface area contributed by atoms with Gasteiger partial charge in [-0.15, -0.1) is 0 Å². The first-order valence-corrected chi connectivity index (χ1v) is 7.12. The summed E-state index contributed by atoms with van der Waals surface area (Å²) in [4.78, 5) is 2.24. The molecule has 3 heteroatoms. The van der Waals surface area contributed by atoms with Gasteiger partial charge >= 0.3 is 0 Å². The van der Waals surface area contributed by atoms with Crippen LogP contribution >= 0.6 is 11.6 Å². The van der Waals surface area contributed by atoms with Crippen LogP contribution in [0.2, 0.25) is 5.02 Å². The largest absolute Gasteiger partial charge is 0.373 e. The Hall–Kier alpha value is -0.730. The summed E-state index contributed by atoms with van der Waals surface area (Å²) in [6.07, 6.45) is 1.19. The number of hydrogen-bond donors (Lipinski definition) is 1. The minimum atomic E-state index is 0.722. The highest BCUT2D eigenvalue weighted by Crippen LogP contribution is 2.26. The zero-order valence-electron chi connectivity index (χ0n) is 12.0. The third-order valence-corrected chi connectivity index (χ3v) is 3.35. The second-order valence-corrected chi connectivity index (χ2v) is 5.58. The standard InChI is InChI=1S/C15H25ClN2/c1-5-17-11-13-6-7-15(14(16)10-13)18(4)9-8-12(2)3/h6-7,10,12,17H,5,8-9,11H2,1-4H3. The van der Waals surface area contributed by atoms with E-state index in [0.717, 1.165) is 36.3 Å². The first-order valence-electron chi connectivity index (χ1n) is 6.74. The van der Waals surface area contributed by atoms with Crippen LogP contribution in [-0.4, -0.2) is 20.1 Å². The van der Waals surface area contributed by atoms with Crippen LogP contribution in [0, 0.1) is 5.92 Å². The topological polar surface area (TPSA) is 15.3 Å². The highest BCUT2D eigenvalue weighted by Gasteiger charge is 2.07. The third kappa shape index (κ3) is 4.87. The average Bonchev–Trinajstić information content (AvgIpc) is 2.33. The molecule has 0 saturated carbocycles. The second-order valence-electron chi connectivity index (χ2n) is 5.17. The smallest absolute Gasteiger partial charge is 0.0642 e. The molecule has 0 heterocycles. The van der Waals surface area contributed by atoms with Crippen molar-refractivity contribution in [3.8, 4) is 0 Å². The van der Waals surface area contributed by atoms with E-state index in [1.54, 1.807) is 0 Å². The van der Waals surface area contributed by atoms with Crippen molar-refractivity contribution in [2.75, 3.05) is 25.0 Å². The van der Waals surface area contributed by atoms with E-state index >= 15 is 0 Å². The fourth-order valence-corrected chi connectivity index (χ4v) is 2.16. The van der Waals surface area contributed by atoms with E-state index in [-0.39, 0.29) is 0 Å². The summed E-state index contributed by atoms with van der Waals surface area (Å²) >= 11 is 6.35. The summed E-state index contributed by atoms with van der Waals surface area (Å²) in [6.45, 7) is 9.50. The summed E-state index contributed by atoms with van der Waals surface area (Å²) in [5.41, 5.74) is 2.36. The fraction of sp³-hybridized carbons (Fsp3) is 0.600. The molecule has 0 radical (unpaired) electrons. The number of rotatable bonds is 7. The van der Waals surface area contributed by atoms with Crippen LogP contribution in [0.15, 0.2) is 18.2 Å². The molecule has 2 nitrogen and oxygen atoms in total. The molecule has 1 aromatic rings. The Morgan fingerprint density at radius 1 is 1.33 bits per heavy atom. The van der Waals surface area contributed by atoms with E-state index in [1.807, 2.05) is 0 Å². The van der Waals surface area contributed by atoms with Crippen molar-refractivity contribution >= 4 is 17.3 Å². The van der Waals surface area contributed by atoms with Gasteiger partial charge in [-0.1, -0.05) is 38.4 Å². The quantitative estimate of drug-likeness (QED) is 0.806. The predicted octanol–water partition coefficient (Wildman–Crippen LogP) is 3.93. The summed E-state index contributed by atoms with van der Waals surface area (Å²) in [5, 5.41) is 4.15. The number of benzene rings is 1. The van der Waals surface area contributed by atoms with Gasteiger partial charge in [0.25, 0.3) is 0 Å². The molecule has 0 bridgehead atoms. The van der Waals surface area contributed by atoms with Gasteiger partial charge in [0.15, 0.2) is 0 Å². The fourth-order valence-electron chi connectivity index (χ4n) is 1.81. The van der Waals surface area contributed by atoms with Crippen LogP contribution in [0.1, 0.15) is 32.8 Å². The monoisotopic (exact) mass is 268 g/mol. The van der Waals surface area contributed by atoms with Crippen molar-refractivity contribution < 1.29 is 0 Å². The van der Waals surface area contributed by atoms with Crippen molar-refractivity contribution in [2.45, 2.75) is 33.7 Å². The van der Waals surface area contributed by atoms with Crippen molar-refractivity contribution in [3.63, 3.8) is 0 Å². The van der Waals surface area contributed by atoms with Gasteiger partial charge in [0.1, 0.15) is 0 Å². The minimum absolute atomic E-state index is 0.722. The van der Waals surface area contributed by atoms with Gasteiger partial charge < -0.3 is 10.2 Å². The van der Waals surface area contributed by atoms with Gasteiger partial charge in [-0.3, -0.25) is 0 Å². The Kier molecular flexibility index (Phi) is 6.51. The van der Waals surface area contributed by atoms with Gasteiger partial charge in [0.05, 0.1) is 10.7 Å². The van der Waals surface area contributed by atoms with E-state index in [4.69, 9.17) is 11.6 Å². The maximum atomic E-state index is 6.35. The molecule has 0 unspecified atom stereocenters. The van der Waals surface area contributed by atoms with E-state index in [1.165, 1.54) is 12.0 Å². The van der Waals surface area contributed by atoms with Gasteiger partial charge in [-0.2, -0.15) is 0 Å². The molecule has 0 aliphatic heterocycles. The number of anilines is 1. The maximum absolute atomic E-state index is 6.35. The highest BCUT2D eigenvalue weighted by molar-refractivity contribution is 6.33. The summed E-state index contributed by atoms with van der Waals surface area (Å²) in [6, 6.07) is 6.33. The van der Waals surface area contributed by atoms with Crippen LogP contribution in [0.25, 0.3) is 0 Å². The van der Waals surface area contributed by atoms with Crippen molar-refractivity contribution in [2.24, 2.45) is 5.92 Å². The molecular weight excluding hydrogens is 244 g/mol. The lowest BCUT2D eigenvalue weighted by Gasteiger charge is -2.22. The molecule has 0 aromatic heterocycles.